The molecule has 3 N–H and O–H groups in total. The van der Waals surface area contributed by atoms with Crippen LogP contribution in [-0.2, 0) is 6.42 Å². The summed E-state index contributed by atoms with van der Waals surface area (Å²) in [6, 6.07) is 7.49. The minimum atomic E-state index is 0.198. The van der Waals surface area contributed by atoms with E-state index in [4.69, 9.17) is 10.8 Å². The summed E-state index contributed by atoms with van der Waals surface area (Å²) in [7, 11) is 0. The molecule has 90 valence electrons. The number of rotatable bonds is 6. The Labute approximate surface area is 102 Å². The quantitative estimate of drug-likeness (QED) is 0.802. The fourth-order valence-corrected chi connectivity index (χ4v) is 2.33. The van der Waals surface area contributed by atoms with Gasteiger partial charge in [-0.05, 0) is 30.5 Å². The molecule has 0 aliphatic rings. The molecule has 1 rings (SSSR count). The lowest BCUT2D eigenvalue weighted by Crippen LogP contribution is -2.26. The maximum Gasteiger partial charge on any atom is 0.115 e. The molecule has 2 nitrogen and oxygen atoms in total. The smallest absolute Gasteiger partial charge is 0.115 e. The van der Waals surface area contributed by atoms with Gasteiger partial charge in [-0.15, -0.1) is 0 Å². The monoisotopic (exact) mass is 239 g/mol. The van der Waals surface area contributed by atoms with Gasteiger partial charge >= 0.3 is 0 Å². The van der Waals surface area contributed by atoms with Gasteiger partial charge in [-0.3, -0.25) is 0 Å². The van der Waals surface area contributed by atoms with Gasteiger partial charge < -0.3 is 10.8 Å². The van der Waals surface area contributed by atoms with Gasteiger partial charge in [0.2, 0.25) is 0 Å². The number of benzene rings is 1. The summed E-state index contributed by atoms with van der Waals surface area (Å²) in [6.45, 7) is 4.43. The summed E-state index contributed by atoms with van der Waals surface area (Å²) in [4.78, 5) is 0. The lowest BCUT2D eigenvalue weighted by molar-refractivity contribution is 0.475. The second-order valence-corrected chi connectivity index (χ2v) is 5.65. The lowest BCUT2D eigenvalue weighted by atomic mass is 10.1. The average molecular weight is 239 g/mol. The molecule has 0 bridgehead atoms. The van der Waals surface area contributed by atoms with Crippen molar-refractivity contribution in [3.8, 4) is 5.75 Å². The van der Waals surface area contributed by atoms with Gasteiger partial charge in [0.05, 0.1) is 0 Å². The molecule has 0 aliphatic heterocycles. The Morgan fingerprint density at radius 2 is 1.94 bits per heavy atom. The van der Waals surface area contributed by atoms with Crippen LogP contribution in [0.15, 0.2) is 24.3 Å². The molecule has 0 aromatic heterocycles. The van der Waals surface area contributed by atoms with Gasteiger partial charge in [-0.2, -0.15) is 11.8 Å². The summed E-state index contributed by atoms with van der Waals surface area (Å²) >= 11 is 1.93. The molecule has 16 heavy (non-hydrogen) atoms. The van der Waals surface area contributed by atoms with Crippen LogP contribution in [0.4, 0.5) is 0 Å². The Kier molecular flexibility index (Phi) is 5.71. The van der Waals surface area contributed by atoms with Gasteiger partial charge in [0.15, 0.2) is 0 Å². The van der Waals surface area contributed by atoms with Crippen molar-refractivity contribution in [2.75, 3.05) is 5.75 Å². The highest BCUT2D eigenvalue weighted by Gasteiger charge is 2.07. The lowest BCUT2D eigenvalue weighted by Gasteiger charge is -2.14. The molecule has 2 unspecified atom stereocenters. The second-order valence-electron chi connectivity index (χ2n) is 4.18. The minimum Gasteiger partial charge on any atom is -0.508 e. The summed E-state index contributed by atoms with van der Waals surface area (Å²) in [5, 5.41) is 9.85. The van der Waals surface area contributed by atoms with Crippen molar-refractivity contribution < 1.29 is 5.11 Å². The molecular formula is C13H21NOS. The van der Waals surface area contributed by atoms with E-state index < -0.39 is 0 Å². The Balaban J connectivity index is 2.33. The highest BCUT2D eigenvalue weighted by Crippen LogP contribution is 2.16. The van der Waals surface area contributed by atoms with Gasteiger partial charge in [-0.25, -0.2) is 0 Å². The largest absolute Gasteiger partial charge is 0.508 e. The molecule has 0 radical (unpaired) electrons. The number of nitrogens with two attached hydrogens (primary N) is 1. The van der Waals surface area contributed by atoms with Crippen LogP contribution in [0.25, 0.3) is 0 Å². The normalized spacial score (nSPS) is 14.7. The molecule has 0 saturated carbocycles. The predicted octanol–water partition coefficient (Wildman–Crippen LogP) is 2.79. The highest BCUT2D eigenvalue weighted by atomic mass is 32.2. The Morgan fingerprint density at radius 3 is 2.50 bits per heavy atom. The van der Waals surface area contributed by atoms with Crippen LogP contribution in [-0.4, -0.2) is 22.2 Å². The molecule has 0 aliphatic carbocycles. The molecule has 1 aromatic rings. The van der Waals surface area contributed by atoms with E-state index in [1.54, 1.807) is 12.1 Å². The fraction of sp³-hybridized carbons (Fsp3) is 0.538. The van der Waals surface area contributed by atoms with Crippen LogP contribution in [0, 0.1) is 0 Å². The molecule has 0 fully saturated rings. The zero-order valence-corrected chi connectivity index (χ0v) is 10.8. The van der Waals surface area contributed by atoms with Crippen LogP contribution < -0.4 is 5.73 Å². The van der Waals surface area contributed by atoms with Crippen molar-refractivity contribution in [2.45, 2.75) is 38.0 Å². The summed E-state index contributed by atoms with van der Waals surface area (Å²) in [6.07, 6.45) is 2.07. The minimum absolute atomic E-state index is 0.198. The first-order chi connectivity index (χ1) is 7.61. The fourth-order valence-electron chi connectivity index (χ4n) is 1.40. The SMILES string of the molecule is CCC(C)SCC(N)Cc1ccc(O)cc1. The van der Waals surface area contributed by atoms with Crippen LogP contribution in [0.3, 0.4) is 0 Å². The topological polar surface area (TPSA) is 46.2 Å². The third-order valence-corrected chi connectivity index (χ3v) is 4.13. The van der Waals surface area contributed by atoms with E-state index in [0.29, 0.717) is 11.0 Å². The van der Waals surface area contributed by atoms with Crippen molar-refractivity contribution in [2.24, 2.45) is 5.73 Å². The second kappa shape index (κ2) is 6.81. The van der Waals surface area contributed by atoms with Crippen molar-refractivity contribution in [3.63, 3.8) is 0 Å². The third kappa shape index (κ3) is 4.90. The summed E-state index contributed by atoms with van der Waals surface area (Å²) < 4.78 is 0. The van der Waals surface area contributed by atoms with E-state index in [2.05, 4.69) is 13.8 Å². The van der Waals surface area contributed by atoms with E-state index in [1.165, 1.54) is 12.0 Å². The number of thioether (sulfide) groups is 1. The zero-order chi connectivity index (χ0) is 12.0. The summed E-state index contributed by atoms with van der Waals surface area (Å²) in [5.41, 5.74) is 7.25. The van der Waals surface area contributed by atoms with Gasteiger partial charge in [0.25, 0.3) is 0 Å². The molecule has 1 aromatic carbocycles. The molecule has 2 atom stereocenters. The Morgan fingerprint density at radius 1 is 1.31 bits per heavy atom. The first-order valence-electron chi connectivity index (χ1n) is 5.77. The van der Waals surface area contributed by atoms with E-state index in [1.807, 2.05) is 23.9 Å². The van der Waals surface area contributed by atoms with Crippen LogP contribution in [0.1, 0.15) is 25.8 Å². The van der Waals surface area contributed by atoms with E-state index >= 15 is 0 Å². The molecule has 3 heteroatoms. The number of aromatic hydroxyl groups is 1. The summed E-state index contributed by atoms with van der Waals surface area (Å²) in [5.74, 6) is 1.31. The maximum absolute atomic E-state index is 9.16. The Hall–Kier alpha value is -0.670. The van der Waals surface area contributed by atoms with Crippen molar-refractivity contribution in [3.05, 3.63) is 29.8 Å². The standard InChI is InChI=1S/C13H21NOS/c1-3-10(2)16-9-12(14)8-11-4-6-13(15)7-5-11/h4-7,10,12,15H,3,8-9,14H2,1-2H3. The van der Waals surface area contributed by atoms with Crippen molar-refractivity contribution >= 4 is 11.8 Å². The molecular weight excluding hydrogens is 218 g/mol. The van der Waals surface area contributed by atoms with Crippen LogP contribution in [0.5, 0.6) is 5.75 Å². The third-order valence-electron chi connectivity index (χ3n) is 2.60. The molecule has 0 heterocycles. The Bertz CT molecular complexity index is 299. The number of hydrogen-bond donors (Lipinski definition) is 2. The number of hydrogen-bond acceptors (Lipinski definition) is 3. The van der Waals surface area contributed by atoms with Gasteiger partial charge in [0, 0.05) is 17.0 Å². The highest BCUT2D eigenvalue weighted by molar-refractivity contribution is 7.99. The van der Waals surface area contributed by atoms with Gasteiger partial charge in [-0.1, -0.05) is 26.0 Å². The number of phenols is 1. The average Bonchev–Trinajstić information content (AvgIpc) is 2.29. The van der Waals surface area contributed by atoms with Gasteiger partial charge in [0.1, 0.15) is 5.75 Å². The first kappa shape index (κ1) is 13.4. The van der Waals surface area contributed by atoms with E-state index in [0.717, 1.165) is 12.2 Å². The number of phenolic OH excluding ortho intramolecular Hbond substituents is 1. The maximum atomic E-state index is 9.16. The van der Waals surface area contributed by atoms with E-state index in [-0.39, 0.29) is 6.04 Å². The van der Waals surface area contributed by atoms with Crippen molar-refractivity contribution in [1.82, 2.24) is 0 Å². The predicted molar refractivity (Wildman–Crippen MR) is 72.0 cm³/mol. The zero-order valence-electron chi connectivity index (χ0n) is 10.0. The molecule has 0 saturated heterocycles. The molecule has 0 amide bonds. The van der Waals surface area contributed by atoms with E-state index in [9.17, 15) is 0 Å². The van der Waals surface area contributed by atoms with Crippen molar-refractivity contribution in [1.29, 1.82) is 0 Å². The first-order valence-corrected chi connectivity index (χ1v) is 6.81. The van der Waals surface area contributed by atoms with Crippen LogP contribution in [0.2, 0.25) is 0 Å². The van der Waals surface area contributed by atoms with Crippen LogP contribution >= 0.6 is 11.8 Å². The molecule has 0 spiro atoms.